The van der Waals surface area contributed by atoms with Crippen LogP contribution in [0.15, 0.2) is 29.2 Å². The fraction of sp³-hybridized carbons (Fsp3) is 0.500. The summed E-state index contributed by atoms with van der Waals surface area (Å²) < 4.78 is 24.2. The van der Waals surface area contributed by atoms with Gasteiger partial charge in [-0.25, -0.2) is 8.42 Å². The minimum absolute atomic E-state index is 0.0523. The normalized spacial score (nSPS) is 13.2. The van der Waals surface area contributed by atoms with Crippen molar-refractivity contribution in [3.8, 4) is 6.07 Å². The summed E-state index contributed by atoms with van der Waals surface area (Å²) in [5.41, 5.74) is 0.460. The van der Waals surface area contributed by atoms with Crippen molar-refractivity contribution in [2.24, 2.45) is 0 Å². The second-order valence-corrected chi connectivity index (χ2v) is 7.18. The summed E-state index contributed by atoms with van der Waals surface area (Å²) in [5.74, 6) is 0.0523. The topological polar surface area (TPSA) is 73.2 Å². The van der Waals surface area contributed by atoms with Crippen LogP contribution in [0.5, 0.6) is 0 Å². The van der Waals surface area contributed by atoms with Gasteiger partial charge in [-0.3, -0.25) is 0 Å². The Hall–Kier alpha value is -1.42. The van der Waals surface area contributed by atoms with E-state index in [0.29, 0.717) is 12.1 Å². The van der Waals surface area contributed by atoms with Gasteiger partial charge in [0.25, 0.3) is 0 Å². The molecule has 0 aliphatic rings. The monoisotopic (exact) mass is 295 g/mol. The fourth-order valence-electron chi connectivity index (χ4n) is 1.91. The molecule has 1 aromatic rings. The number of nitrogens with one attached hydrogen (secondary N) is 1. The van der Waals surface area contributed by atoms with Gasteiger partial charge in [0.2, 0.25) is 0 Å². The Balaban J connectivity index is 2.55. The van der Waals surface area contributed by atoms with E-state index in [1.807, 2.05) is 32.0 Å². The van der Waals surface area contributed by atoms with Gasteiger partial charge in [0.1, 0.15) is 0 Å². The molecule has 5 nitrogen and oxygen atoms in total. The van der Waals surface area contributed by atoms with Gasteiger partial charge in [0.05, 0.1) is 22.3 Å². The van der Waals surface area contributed by atoms with Crippen molar-refractivity contribution in [3.05, 3.63) is 29.8 Å². The third-order valence-corrected chi connectivity index (χ3v) is 4.58. The molecule has 0 aliphatic carbocycles. The minimum atomic E-state index is -3.29. The number of likely N-dealkylation sites (N-methyl/N-ethyl adjacent to an activating group) is 1. The molecular weight excluding hydrogens is 274 g/mol. The molecule has 0 spiro atoms. The molecule has 0 amide bonds. The molecule has 6 heteroatoms. The van der Waals surface area contributed by atoms with Crippen molar-refractivity contribution < 1.29 is 8.42 Å². The van der Waals surface area contributed by atoms with E-state index in [4.69, 9.17) is 5.26 Å². The van der Waals surface area contributed by atoms with Gasteiger partial charge in [-0.15, -0.1) is 0 Å². The number of benzene rings is 1. The lowest BCUT2D eigenvalue weighted by Crippen LogP contribution is -2.38. The van der Waals surface area contributed by atoms with E-state index in [1.165, 1.54) is 24.3 Å². The van der Waals surface area contributed by atoms with Crippen LogP contribution in [0, 0.1) is 11.3 Å². The fourth-order valence-corrected chi connectivity index (χ4v) is 3.08. The summed E-state index contributed by atoms with van der Waals surface area (Å²) in [4.78, 5) is 2.31. The summed E-state index contributed by atoms with van der Waals surface area (Å²) in [6.07, 6.45) is 0. The maximum Gasteiger partial charge on any atom is 0.179 e. The van der Waals surface area contributed by atoms with E-state index in [0.717, 1.165) is 6.54 Å². The Bertz CT molecular complexity index is 559. The predicted octanol–water partition coefficient (Wildman–Crippen LogP) is 0.872. The van der Waals surface area contributed by atoms with Crippen molar-refractivity contribution in [1.82, 2.24) is 10.2 Å². The van der Waals surface area contributed by atoms with Crippen LogP contribution in [-0.2, 0) is 9.84 Å². The van der Waals surface area contributed by atoms with Gasteiger partial charge >= 0.3 is 0 Å². The number of hydrogen-bond donors (Lipinski definition) is 1. The molecule has 1 atom stereocenters. The van der Waals surface area contributed by atoms with Gasteiger partial charge < -0.3 is 10.2 Å². The SMILES string of the molecule is CC(CN(C)C)NCCS(=O)(=O)c1ccc(C#N)cc1. The van der Waals surface area contributed by atoms with Crippen molar-refractivity contribution >= 4 is 9.84 Å². The van der Waals surface area contributed by atoms with Crippen LogP contribution in [-0.4, -0.2) is 52.3 Å². The highest BCUT2D eigenvalue weighted by atomic mass is 32.2. The van der Waals surface area contributed by atoms with E-state index < -0.39 is 9.84 Å². The molecule has 0 bridgehead atoms. The van der Waals surface area contributed by atoms with Crippen LogP contribution >= 0.6 is 0 Å². The lowest BCUT2D eigenvalue weighted by Gasteiger charge is -2.18. The standard InChI is InChI=1S/C14H21N3O2S/c1-12(11-17(2)3)16-8-9-20(18,19)14-6-4-13(10-15)5-7-14/h4-7,12,16H,8-9,11H2,1-3H3. The highest BCUT2D eigenvalue weighted by Gasteiger charge is 2.14. The van der Waals surface area contributed by atoms with Crippen molar-refractivity contribution in [2.75, 3.05) is 32.9 Å². The van der Waals surface area contributed by atoms with E-state index in [9.17, 15) is 8.42 Å². The van der Waals surface area contributed by atoms with Gasteiger partial charge in [0, 0.05) is 19.1 Å². The third-order valence-electron chi connectivity index (χ3n) is 2.85. The molecule has 0 aromatic heterocycles. The molecule has 1 aromatic carbocycles. The van der Waals surface area contributed by atoms with Crippen LogP contribution in [0.2, 0.25) is 0 Å². The molecule has 0 saturated heterocycles. The van der Waals surface area contributed by atoms with Crippen LogP contribution in [0.4, 0.5) is 0 Å². The molecule has 1 N–H and O–H groups in total. The first-order chi connectivity index (χ1) is 9.35. The Labute approximate surface area is 121 Å². The molecule has 20 heavy (non-hydrogen) atoms. The van der Waals surface area contributed by atoms with Gasteiger partial charge in [-0.1, -0.05) is 0 Å². The van der Waals surface area contributed by atoms with E-state index in [1.54, 1.807) is 0 Å². The molecule has 0 saturated carbocycles. The number of hydrogen-bond acceptors (Lipinski definition) is 5. The van der Waals surface area contributed by atoms with Crippen molar-refractivity contribution in [1.29, 1.82) is 5.26 Å². The zero-order valence-corrected chi connectivity index (χ0v) is 12.9. The zero-order valence-electron chi connectivity index (χ0n) is 12.1. The maximum atomic E-state index is 12.1. The smallest absolute Gasteiger partial charge is 0.179 e. The van der Waals surface area contributed by atoms with Gasteiger partial charge in [0.15, 0.2) is 9.84 Å². The van der Waals surface area contributed by atoms with Crippen LogP contribution in [0.3, 0.4) is 0 Å². The molecule has 0 fully saturated rings. The molecule has 0 aliphatic heterocycles. The molecule has 0 radical (unpaired) electrons. The van der Waals surface area contributed by atoms with Crippen LogP contribution in [0.1, 0.15) is 12.5 Å². The maximum absolute atomic E-state index is 12.1. The number of nitrogens with zero attached hydrogens (tertiary/aromatic N) is 2. The van der Waals surface area contributed by atoms with E-state index >= 15 is 0 Å². The highest BCUT2D eigenvalue weighted by molar-refractivity contribution is 7.91. The second-order valence-electron chi connectivity index (χ2n) is 5.07. The summed E-state index contributed by atoms with van der Waals surface area (Å²) in [7, 11) is 0.661. The minimum Gasteiger partial charge on any atom is -0.312 e. The Morgan fingerprint density at radius 3 is 2.40 bits per heavy atom. The summed E-state index contributed by atoms with van der Waals surface area (Å²) in [6, 6.07) is 8.22. The Morgan fingerprint density at radius 1 is 1.30 bits per heavy atom. The van der Waals surface area contributed by atoms with E-state index in [-0.39, 0.29) is 16.7 Å². The molecule has 1 unspecified atom stereocenters. The first-order valence-corrected chi connectivity index (χ1v) is 8.11. The zero-order chi connectivity index (χ0) is 15.2. The van der Waals surface area contributed by atoms with Gasteiger partial charge in [-0.05, 0) is 45.3 Å². The van der Waals surface area contributed by atoms with Crippen LogP contribution in [0.25, 0.3) is 0 Å². The summed E-state index contributed by atoms with van der Waals surface area (Å²) in [5, 5.41) is 11.9. The summed E-state index contributed by atoms with van der Waals surface area (Å²) >= 11 is 0. The number of nitriles is 1. The summed E-state index contributed by atoms with van der Waals surface area (Å²) in [6.45, 7) is 3.29. The average molecular weight is 295 g/mol. The first kappa shape index (κ1) is 16.6. The van der Waals surface area contributed by atoms with Gasteiger partial charge in [-0.2, -0.15) is 5.26 Å². The third kappa shape index (κ3) is 5.29. The van der Waals surface area contributed by atoms with E-state index in [2.05, 4.69) is 5.32 Å². The highest BCUT2D eigenvalue weighted by Crippen LogP contribution is 2.11. The van der Waals surface area contributed by atoms with Crippen molar-refractivity contribution in [3.63, 3.8) is 0 Å². The molecular formula is C14H21N3O2S. The predicted molar refractivity (Wildman–Crippen MR) is 79.2 cm³/mol. The molecule has 1 rings (SSSR count). The number of rotatable bonds is 7. The molecule has 0 heterocycles. The second kappa shape index (κ2) is 7.39. The average Bonchev–Trinajstić information content (AvgIpc) is 2.37. The quantitative estimate of drug-likeness (QED) is 0.808. The van der Waals surface area contributed by atoms with Crippen molar-refractivity contribution in [2.45, 2.75) is 17.9 Å². The van der Waals surface area contributed by atoms with Crippen LogP contribution < -0.4 is 5.32 Å². The Morgan fingerprint density at radius 2 is 1.90 bits per heavy atom. The number of sulfone groups is 1. The lowest BCUT2D eigenvalue weighted by molar-refractivity contribution is 0.353. The Kier molecular flexibility index (Phi) is 6.14. The largest absolute Gasteiger partial charge is 0.312 e. The lowest BCUT2D eigenvalue weighted by atomic mass is 10.2. The first-order valence-electron chi connectivity index (χ1n) is 6.46. The molecule has 110 valence electrons.